The molecule has 0 aliphatic carbocycles. The SMILES string of the molecule is Cn1c(=O)oc2cc(S(=O)(=O)NNC(=O)c3ccc(F)cc3)ccc21. The number of nitrogens with one attached hydrogen (secondary N) is 2. The second-order valence-corrected chi connectivity index (χ2v) is 6.81. The first-order chi connectivity index (χ1) is 11.8. The van der Waals surface area contributed by atoms with Crippen LogP contribution in [0.25, 0.3) is 11.1 Å². The van der Waals surface area contributed by atoms with Gasteiger partial charge in [0.15, 0.2) is 5.58 Å². The maximum atomic E-state index is 12.8. The van der Waals surface area contributed by atoms with Crippen LogP contribution >= 0.6 is 0 Å². The molecule has 10 heteroatoms. The molecule has 0 unspecified atom stereocenters. The smallest absolute Gasteiger partial charge is 0.408 e. The van der Waals surface area contributed by atoms with E-state index in [4.69, 9.17) is 4.42 Å². The lowest BCUT2D eigenvalue weighted by Crippen LogP contribution is -2.41. The first kappa shape index (κ1) is 16.9. The summed E-state index contributed by atoms with van der Waals surface area (Å²) in [4.78, 5) is 25.0. The Morgan fingerprint density at radius 1 is 1.16 bits per heavy atom. The van der Waals surface area contributed by atoms with Crippen molar-refractivity contribution >= 4 is 27.0 Å². The molecule has 3 rings (SSSR count). The molecule has 0 atom stereocenters. The van der Waals surface area contributed by atoms with E-state index in [1.807, 2.05) is 10.3 Å². The highest BCUT2D eigenvalue weighted by molar-refractivity contribution is 7.89. The van der Waals surface area contributed by atoms with Crippen molar-refractivity contribution in [1.29, 1.82) is 0 Å². The van der Waals surface area contributed by atoms with Crippen molar-refractivity contribution in [2.75, 3.05) is 0 Å². The van der Waals surface area contributed by atoms with Crippen molar-refractivity contribution < 1.29 is 22.0 Å². The van der Waals surface area contributed by atoms with Crippen LogP contribution in [0.4, 0.5) is 4.39 Å². The lowest BCUT2D eigenvalue weighted by atomic mass is 10.2. The molecule has 2 aromatic carbocycles. The fourth-order valence-corrected chi connectivity index (χ4v) is 2.98. The lowest BCUT2D eigenvalue weighted by molar-refractivity contribution is 0.0945. The number of halogens is 1. The number of amides is 1. The Bertz CT molecular complexity index is 1120. The minimum absolute atomic E-state index is 0.0774. The van der Waals surface area contributed by atoms with Gasteiger partial charge in [-0.05, 0) is 36.4 Å². The number of rotatable bonds is 4. The van der Waals surface area contributed by atoms with Crippen molar-refractivity contribution in [3.63, 3.8) is 0 Å². The Kier molecular flexibility index (Phi) is 4.15. The summed E-state index contributed by atoms with van der Waals surface area (Å²) in [5, 5.41) is 0. The number of fused-ring (bicyclic) bond motifs is 1. The number of aryl methyl sites for hydroxylation is 1. The van der Waals surface area contributed by atoms with Gasteiger partial charge in [0.25, 0.3) is 15.9 Å². The van der Waals surface area contributed by atoms with E-state index in [-0.39, 0.29) is 16.0 Å². The molecule has 130 valence electrons. The van der Waals surface area contributed by atoms with Crippen LogP contribution in [-0.2, 0) is 17.1 Å². The molecule has 8 nitrogen and oxygen atoms in total. The highest BCUT2D eigenvalue weighted by atomic mass is 32.2. The van der Waals surface area contributed by atoms with Gasteiger partial charge in [0.05, 0.1) is 10.4 Å². The molecule has 0 aliphatic heterocycles. The van der Waals surface area contributed by atoms with E-state index in [9.17, 15) is 22.4 Å². The molecule has 2 N–H and O–H groups in total. The molecule has 0 spiro atoms. The van der Waals surface area contributed by atoms with Crippen molar-refractivity contribution in [3.8, 4) is 0 Å². The van der Waals surface area contributed by atoms with Crippen molar-refractivity contribution in [1.82, 2.24) is 14.8 Å². The average molecular weight is 365 g/mol. The minimum atomic E-state index is -4.09. The number of carbonyl (C=O) groups excluding carboxylic acids is 1. The van der Waals surface area contributed by atoms with Gasteiger partial charge in [-0.2, -0.15) is 0 Å². The second-order valence-electron chi connectivity index (χ2n) is 5.12. The molecule has 1 amide bonds. The van der Waals surface area contributed by atoms with E-state index in [0.29, 0.717) is 5.52 Å². The van der Waals surface area contributed by atoms with Gasteiger partial charge in [-0.15, -0.1) is 4.83 Å². The van der Waals surface area contributed by atoms with E-state index < -0.39 is 27.5 Å². The summed E-state index contributed by atoms with van der Waals surface area (Å²) in [6, 6.07) is 8.43. The minimum Gasteiger partial charge on any atom is -0.408 e. The Labute approximate surface area is 140 Å². The molecular weight excluding hydrogens is 353 g/mol. The van der Waals surface area contributed by atoms with E-state index in [1.165, 1.54) is 41.9 Å². The van der Waals surface area contributed by atoms with E-state index in [2.05, 4.69) is 0 Å². The third kappa shape index (κ3) is 3.30. The predicted molar refractivity (Wildman–Crippen MR) is 85.6 cm³/mol. The highest BCUT2D eigenvalue weighted by Crippen LogP contribution is 2.17. The maximum absolute atomic E-state index is 12.8. The number of benzene rings is 2. The molecule has 0 bridgehead atoms. The third-order valence-electron chi connectivity index (χ3n) is 3.48. The molecule has 3 aromatic rings. The molecule has 0 radical (unpaired) electrons. The Balaban J connectivity index is 1.81. The predicted octanol–water partition coefficient (Wildman–Crippen LogP) is 0.894. The largest absolute Gasteiger partial charge is 0.419 e. The summed E-state index contributed by atoms with van der Waals surface area (Å²) in [5.41, 5.74) is 2.63. The molecule has 0 saturated carbocycles. The summed E-state index contributed by atoms with van der Waals surface area (Å²) in [5.74, 6) is -1.90. The van der Waals surface area contributed by atoms with Crippen LogP contribution < -0.4 is 16.0 Å². The lowest BCUT2D eigenvalue weighted by Gasteiger charge is -2.08. The van der Waals surface area contributed by atoms with Gasteiger partial charge in [0.1, 0.15) is 5.82 Å². The number of oxazole rings is 1. The van der Waals surface area contributed by atoms with Gasteiger partial charge in [-0.3, -0.25) is 14.8 Å². The number of hydrogen-bond acceptors (Lipinski definition) is 5. The third-order valence-corrected chi connectivity index (χ3v) is 4.72. The Hall–Kier alpha value is -2.98. The topological polar surface area (TPSA) is 110 Å². The molecule has 0 saturated heterocycles. The van der Waals surface area contributed by atoms with Gasteiger partial charge in [-0.25, -0.2) is 17.6 Å². The monoisotopic (exact) mass is 365 g/mol. The first-order valence-corrected chi connectivity index (χ1v) is 8.43. The highest BCUT2D eigenvalue weighted by Gasteiger charge is 2.18. The van der Waals surface area contributed by atoms with Crippen LogP contribution in [0.5, 0.6) is 0 Å². The molecule has 1 aromatic heterocycles. The summed E-state index contributed by atoms with van der Waals surface area (Å²) < 4.78 is 43.5. The fraction of sp³-hybridized carbons (Fsp3) is 0.0667. The van der Waals surface area contributed by atoms with Crippen LogP contribution in [0.15, 0.2) is 56.6 Å². The zero-order valence-corrected chi connectivity index (χ0v) is 13.6. The van der Waals surface area contributed by atoms with Gasteiger partial charge in [0.2, 0.25) is 0 Å². The van der Waals surface area contributed by atoms with Gasteiger partial charge in [-0.1, -0.05) is 0 Å². The number of carbonyl (C=O) groups is 1. The van der Waals surface area contributed by atoms with Crippen molar-refractivity contribution in [2.45, 2.75) is 4.90 Å². The number of hydrazine groups is 1. The fourth-order valence-electron chi connectivity index (χ4n) is 2.13. The summed E-state index contributed by atoms with van der Waals surface area (Å²) in [6.45, 7) is 0. The molecule has 0 aliphatic rings. The zero-order valence-electron chi connectivity index (χ0n) is 12.8. The molecule has 1 heterocycles. The number of nitrogens with zero attached hydrogens (tertiary/aromatic N) is 1. The van der Waals surface area contributed by atoms with Crippen LogP contribution in [0.2, 0.25) is 0 Å². The molecular formula is C15H12FN3O5S. The average Bonchev–Trinajstić information content (AvgIpc) is 2.87. The summed E-state index contributed by atoms with van der Waals surface area (Å²) in [6.07, 6.45) is 0. The Morgan fingerprint density at radius 3 is 2.52 bits per heavy atom. The van der Waals surface area contributed by atoms with Crippen LogP contribution in [0.3, 0.4) is 0 Å². The number of aromatic nitrogens is 1. The maximum Gasteiger partial charge on any atom is 0.419 e. The zero-order chi connectivity index (χ0) is 18.2. The summed E-state index contributed by atoms with van der Waals surface area (Å²) in [7, 11) is -2.60. The number of hydrogen-bond donors (Lipinski definition) is 2. The second kappa shape index (κ2) is 6.15. The van der Waals surface area contributed by atoms with E-state index >= 15 is 0 Å². The van der Waals surface area contributed by atoms with E-state index in [0.717, 1.165) is 12.1 Å². The van der Waals surface area contributed by atoms with Crippen LogP contribution in [-0.4, -0.2) is 18.9 Å². The van der Waals surface area contributed by atoms with E-state index in [1.54, 1.807) is 0 Å². The summed E-state index contributed by atoms with van der Waals surface area (Å²) >= 11 is 0. The standard InChI is InChI=1S/C15H12FN3O5S/c1-19-12-7-6-11(8-13(12)24-15(19)21)25(22,23)18-17-14(20)9-2-4-10(16)5-3-9/h2-8,18H,1H3,(H,17,20). The van der Waals surface area contributed by atoms with Crippen molar-refractivity contribution in [2.24, 2.45) is 7.05 Å². The van der Waals surface area contributed by atoms with Crippen LogP contribution in [0.1, 0.15) is 10.4 Å². The van der Waals surface area contributed by atoms with Crippen molar-refractivity contribution in [3.05, 3.63) is 64.4 Å². The van der Waals surface area contributed by atoms with Crippen LogP contribution in [0, 0.1) is 5.82 Å². The first-order valence-electron chi connectivity index (χ1n) is 6.95. The Morgan fingerprint density at radius 2 is 1.84 bits per heavy atom. The normalized spacial score (nSPS) is 11.6. The molecule has 0 fully saturated rings. The van der Waals surface area contributed by atoms with Gasteiger partial charge in [0, 0.05) is 18.7 Å². The van der Waals surface area contributed by atoms with Gasteiger partial charge >= 0.3 is 5.76 Å². The van der Waals surface area contributed by atoms with Gasteiger partial charge < -0.3 is 4.42 Å². The number of sulfonamides is 1. The quantitative estimate of drug-likeness (QED) is 0.667. The molecule has 25 heavy (non-hydrogen) atoms.